The summed E-state index contributed by atoms with van der Waals surface area (Å²) in [5, 5.41) is 19.0. The molecule has 0 amide bonds. The number of pyridine rings is 1. The first-order chi connectivity index (χ1) is 12.4. The van der Waals surface area contributed by atoms with Crippen LogP contribution < -0.4 is 10.5 Å². The summed E-state index contributed by atoms with van der Waals surface area (Å²) >= 11 is 3.47. The summed E-state index contributed by atoms with van der Waals surface area (Å²) < 4.78 is 6.36. The number of hydrogen-bond acceptors (Lipinski definition) is 5. The SMILES string of the molecule is COc1ccc(Br)cc1/C=C1\C(C)=C(C#N)c2nc(N)c(C#N)c(C)c21. The van der Waals surface area contributed by atoms with Gasteiger partial charge < -0.3 is 10.5 Å². The van der Waals surface area contributed by atoms with Crippen LogP contribution in [-0.4, -0.2) is 12.1 Å². The van der Waals surface area contributed by atoms with Crippen molar-refractivity contribution in [1.82, 2.24) is 4.98 Å². The minimum absolute atomic E-state index is 0.144. The van der Waals surface area contributed by atoms with E-state index in [1.807, 2.05) is 38.1 Å². The minimum atomic E-state index is 0.144. The molecule has 1 heterocycles. The lowest BCUT2D eigenvalue weighted by Gasteiger charge is -2.12. The van der Waals surface area contributed by atoms with Crippen LogP contribution >= 0.6 is 15.9 Å². The summed E-state index contributed by atoms with van der Waals surface area (Å²) in [5.74, 6) is 0.854. The Balaban J connectivity index is 2.36. The van der Waals surface area contributed by atoms with Gasteiger partial charge in [0, 0.05) is 15.6 Å². The highest BCUT2D eigenvalue weighted by Gasteiger charge is 2.29. The molecule has 0 aliphatic heterocycles. The fraction of sp³-hybridized carbons (Fsp3) is 0.150. The van der Waals surface area contributed by atoms with Crippen LogP contribution in [0.3, 0.4) is 0 Å². The van der Waals surface area contributed by atoms with Gasteiger partial charge in [-0.15, -0.1) is 0 Å². The summed E-state index contributed by atoms with van der Waals surface area (Å²) in [7, 11) is 1.61. The largest absolute Gasteiger partial charge is 0.496 e. The predicted octanol–water partition coefficient (Wildman–Crippen LogP) is 4.47. The molecule has 128 valence electrons. The number of fused-ring (bicyclic) bond motifs is 1. The average molecular weight is 407 g/mol. The second kappa shape index (κ2) is 6.67. The van der Waals surface area contributed by atoms with E-state index in [0.29, 0.717) is 22.6 Å². The van der Waals surface area contributed by atoms with E-state index in [1.54, 1.807) is 7.11 Å². The first-order valence-corrected chi connectivity index (χ1v) is 8.59. The Labute approximate surface area is 160 Å². The zero-order valence-corrected chi connectivity index (χ0v) is 16.1. The molecule has 0 bridgehead atoms. The molecule has 26 heavy (non-hydrogen) atoms. The smallest absolute Gasteiger partial charge is 0.142 e. The number of nitrogens with zero attached hydrogens (tertiary/aromatic N) is 3. The van der Waals surface area contributed by atoms with E-state index in [1.165, 1.54) is 0 Å². The van der Waals surface area contributed by atoms with Gasteiger partial charge in [0.15, 0.2) is 0 Å². The highest BCUT2D eigenvalue weighted by Crippen LogP contribution is 2.44. The van der Waals surface area contributed by atoms with E-state index in [4.69, 9.17) is 10.5 Å². The van der Waals surface area contributed by atoms with Gasteiger partial charge in [-0.3, -0.25) is 0 Å². The number of ether oxygens (including phenoxy) is 1. The molecule has 0 radical (unpaired) electrons. The van der Waals surface area contributed by atoms with Crippen molar-refractivity contribution in [3.63, 3.8) is 0 Å². The number of nitrogens with two attached hydrogens (primary N) is 1. The maximum absolute atomic E-state index is 9.61. The van der Waals surface area contributed by atoms with Crippen molar-refractivity contribution < 1.29 is 4.74 Å². The number of halogens is 1. The fourth-order valence-electron chi connectivity index (χ4n) is 3.17. The summed E-state index contributed by atoms with van der Waals surface area (Å²) in [6, 6.07) is 10.0. The standard InChI is InChI=1S/C20H15BrN4O/c1-10-14(7-12-6-13(21)4-5-17(12)26-3)18-11(2)16(9-23)20(24)25-19(18)15(10)8-22/h4-7H,1-3H3,(H2,24,25)/b14-7+. The van der Waals surface area contributed by atoms with Crippen LogP contribution in [-0.2, 0) is 0 Å². The van der Waals surface area contributed by atoms with Crippen molar-refractivity contribution in [3.05, 3.63) is 56.2 Å². The van der Waals surface area contributed by atoms with Crippen LogP contribution in [0.15, 0.2) is 28.2 Å². The quantitative estimate of drug-likeness (QED) is 0.793. The molecule has 1 aromatic carbocycles. The van der Waals surface area contributed by atoms with E-state index in [2.05, 4.69) is 33.1 Å². The zero-order chi connectivity index (χ0) is 19.0. The first-order valence-electron chi connectivity index (χ1n) is 7.80. The third-order valence-corrected chi connectivity index (χ3v) is 4.97. The number of allylic oxidation sites excluding steroid dienone is 3. The van der Waals surface area contributed by atoms with Crippen molar-refractivity contribution in [2.45, 2.75) is 13.8 Å². The number of nitrogen functional groups attached to an aromatic ring is 1. The fourth-order valence-corrected chi connectivity index (χ4v) is 3.55. The van der Waals surface area contributed by atoms with Gasteiger partial charge in [0.1, 0.15) is 23.7 Å². The molecule has 0 unspecified atom stereocenters. The number of benzene rings is 1. The first kappa shape index (κ1) is 17.7. The number of rotatable bonds is 2. The van der Waals surface area contributed by atoms with Gasteiger partial charge in [-0.2, -0.15) is 10.5 Å². The van der Waals surface area contributed by atoms with Gasteiger partial charge in [-0.1, -0.05) is 15.9 Å². The number of hydrogen-bond donors (Lipinski definition) is 1. The average Bonchev–Trinajstić information content (AvgIpc) is 2.87. The Kier molecular flexibility index (Phi) is 4.54. The van der Waals surface area contributed by atoms with E-state index in [9.17, 15) is 10.5 Å². The molecule has 0 fully saturated rings. The lowest BCUT2D eigenvalue weighted by Crippen LogP contribution is -2.03. The molecule has 6 heteroatoms. The molecular weight excluding hydrogens is 392 g/mol. The van der Waals surface area contributed by atoms with Crippen LogP contribution in [0, 0.1) is 29.6 Å². The Bertz CT molecular complexity index is 1080. The number of anilines is 1. The van der Waals surface area contributed by atoms with Crippen molar-refractivity contribution in [1.29, 1.82) is 10.5 Å². The molecule has 0 saturated heterocycles. The van der Waals surface area contributed by atoms with E-state index >= 15 is 0 Å². The highest BCUT2D eigenvalue weighted by molar-refractivity contribution is 9.10. The molecule has 1 aromatic heterocycles. The Hall–Kier alpha value is -3.09. The highest BCUT2D eigenvalue weighted by atomic mass is 79.9. The molecule has 1 aliphatic carbocycles. The molecule has 0 spiro atoms. The van der Waals surface area contributed by atoms with E-state index in [0.717, 1.165) is 32.3 Å². The molecule has 0 saturated carbocycles. The second-order valence-corrected chi connectivity index (χ2v) is 6.80. The van der Waals surface area contributed by atoms with E-state index < -0.39 is 0 Å². The lowest BCUT2D eigenvalue weighted by molar-refractivity contribution is 0.414. The lowest BCUT2D eigenvalue weighted by atomic mass is 9.95. The summed E-state index contributed by atoms with van der Waals surface area (Å²) in [4.78, 5) is 4.33. The van der Waals surface area contributed by atoms with Crippen LogP contribution in [0.25, 0.3) is 17.2 Å². The number of aromatic nitrogens is 1. The van der Waals surface area contributed by atoms with Crippen LogP contribution in [0.5, 0.6) is 5.75 Å². The van der Waals surface area contributed by atoms with Gasteiger partial charge in [-0.05, 0) is 54.8 Å². The number of methoxy groups -OCH3 is 1. The normalized spacial score (nSPS) is 14.2. The van der Waals surface area contributed by atoms with Gasteiger partial charge in [0.2, 0.25) is 0 Å². The molecule has 2 N–H and O–H groups in total. The maximum atomic E-state index is 9.61. The van der Waals surface area contributed by atoms with Gasteiger partial charge >= 0.3 is 0 Å². The minimum Gasteiger partial charge on any atom is -0.496 e. The number of nitriles is 2. The van der Waals surface area contributed by atoms with Crippen molar-refractivity contribution in [3.8, 4) is 17.9 Å². The molecule has 1 aliphatic rings. The van der Waals surface area contributed by atoms with Crippen molar-refractivity contribution in [2.75, 3.05) is 12.8 Å². The van der Waals surface area contributed by atoms with Gasteiger partial charge in [-0.25, -0.2) is 4.98 Å². The van der Waals surface area contributed by atoms with Crippen LogP contribution in [0.1, 0.15) is 34.9 Å². The van der Waals surface area contributed by atoms with Crippen LogP contribution in [0.4, 0.5) is 5.82 Å². The summed E-state index contributed by atoms with van der Waals surface area (Å²) in [6.45, 7) is 3.70. The molecule has 0 atom stereocenters. The van der Waals surface area contributed by atoms with Crippen LogP contribution in [0.2, 0.25) is 0 Å². The Morgan fingerprint density at radius 1 is 1.23 bits per heavy atom. The second-order valence-electron chi connectivity index (χ2n) is 5.89. The summed E-state index contributed by atoms with van der Waals surface area (Å²) in [6.07, 6.45) is 1.95. The molecule has 5 nitrogen and oxygen atoms in total. The molecule has 3 rings (SSSR count). The van der Waals surface area contributed by atoms with Crippen molar-refractivity contribution >= 4 is 39.0 Å². The Morgan fingerprint density at radius 3 is 2.58 bits per heavy atom. The van der Waals surface area contributed by atoms with E-state index in [-0.39, 0.29) is 5.82 Å². The Morgan fingerprint density at radius 2 is 1.96 bits per heavy atom. The zero-order valence-electron chi connectivity index (χ0n) is 14.5. The maximum Gasteiger partial charge on any atom is 0.142 e. The molecular formula is C20H15BrN4O. The van der Waals surface area contributed by atoms with Crippen molar-refractivity contribution in [2.24, 2.45) is 0 Å². The molecule has 2 aromatic rings. The summed E-state index contributed by atoms with van der Waals surface area (Å²) in [5.41, 5.74) is 11.2. The third kappa shape index (κ3) is 2.65. The topological polar surface area (TPSA) is 95.7 Å². The van der Waals surface area contributed by atoms with Gasteiger partial charge in [0.25, 0.3) is 0 Å². The predicted molar refractivity (Wildman–Crippen MR) is 105 cm³/mol. The third-order valence-electron chi connectivity index (χ3n) is 4.48. The monoisotopic (exact) mass is 406 g/mol. The van der Waals surface area contributed by atoms with Gasteiger partial charge in [0.05, 0.1) is 23.9 Å².